The summed E-state index contributed by atoms with van der Waals surface area (Å²) >= 11 is 0. The molecule has 1 rings (SSSR count). The van der Waals surface area contributed by atoms with Gasteiger partial charge in [-0.25, -0.2) is 4.79 Å². The minimum Gasteiger partial charge on any atom is -0.458 e. The fourth-order valence-electron chi connectivity index (χ4n) is 1.42. The van der Waals surface area contributed by atoms with Crippen LogP contribution in [0.1, 0.15) is 50.6 Å². The Labute approximate surface area is 96.4 Å². The molecule has 0 aliphatic rings. The van der Waals surface area contributed by atoms with E-state index in [4.69, 9.17) is 10.5 Å². The summed E-state index contributed by atoms with van der Waals surface area (Å²) in [5, 5.41) is 0. The lowest BCUT2D eigenvalue weighted by Gasteiger charge is -2.14. The van der Waals surface area contributed by atoms with Gasteiger partial charge in [0.25, 0.3) is 0 Å². The molecule has 0 amide bonds. The molecule has 0 radical (unpaired) electrons. The molecule has 0 aromatic carbocycles. The molecule has 16 heavy (non-hydrogen) atoms. The third-order valence-corrected chi connectivity index (χ3v) is 2.52. The van der Waals surface area contributed by atoms with Crippen molar-refractivity contribution in [2.75, 3.05) is 5.73 Å². The molecule has 0 spiro atoms. The average Bonchev–Trinajstić information content (AvgIpc) is 2.60. The molecule has 0 saturated heterocycles. The first-order valence-corrected chi connectivity index (χ1v) is 5.64. The number of esters is 1. The number of ether oxygens (including phenoxy) is 1. The van der Waals surface area contributed by atoms with E-state index in [0.29, 0.717) is 11.4 Å². The Balaban J connectivity index is 2.90. The molecular formula is C12H20N2O2. The molecule has 4 heteroatoms. The van der Waals surface area contributed by atoms with Crippen LogP contribution in [0, 0.1) is 0 Å². The molecule has 90 valence electrons. The third-order valence-electron chi connectivity index (χ3n) is 2.52. The summed E-state index contributed by atoms with van der Waals surface area (Å²) in [6, 6.07) is 1.85. The molecule has 0 fully saturated rings. The Bertz CT molecular complexity index is 369. The monoisotopic (exact) mass is 224 g/mol. The van der Waals surface area contributed by atoms with Gasteiger partial charge in [-0.3, -0.25) is 0 Å². The molecule has 1 aromatic heterocycles. The van der Waals surface area contributed by atoms with E-state index in [2.05, 4.69) is 0 Å². The van der Waals surface area contributed by atoms with Crippen molar-refractivity contribution in [1.82, 2.24) is 4.57 Å². The van der Waals surface area contributed by atoms with E-state index in [9.17, 15) is 4.79 Å². The number of nitrogens with zero attached hydrogens (tertiary/aromatic N) is 1. The summed E-state index contributed by atoms with van der Waals surface area (Å²) in [6.45, 7) is 7.86. The molecule has 1 aromatic rings. The summed E-state index contributed by atoms with van der Waals surface area (Å²) in [5.41, 5.74) is 6.80. The van der Waals surface area contributed by atoms with Crippen LogP contribution in [-0.2, 0) is 4.74 Å². The second-order valence-corrected chi connectivity index (χ2v) is 4.28. The fraction of sp³-hybridized carbons (Fsp3) is 0.583. The largest absolute Gasteiger partial charge is 0.458 e. The highest BCUT2D eigenvalue weighted by Gasteiger charge is 2.17. The maximum Gasteiger partial charge on any atom is 0.355 e. The zero-order chi connectivity index (χ0) is 12.3. The lowest BCUT2D eigenvalue weighted by molar-refractivity contribution is 0.0320. The Hall–Kier alpha value is -1.45. The number of hydrogen-bond donors (Lipinski definition) is 1. The van der Waals surface area contributed by atoms with E-state index in [1.54, 1.807) is 12.3 Å². The van der Waals surface area contributed by atoms with Crippen molar-refractivity contribution < 1.29 is 9.53 Å². The number of nitrogen functional groups attached to an aromatic ring is 1. The van der Waals surface area contributed by atoms with E-state index >= 15 is 0 Å². The first-order chi connectivity index (χ1) is 7.45. The van der Waals surface area contributed by atoms with Gasteiger partial charge in [-0.15, -0.1) is 0 Å². The second kappa shape index (κ2) is 5.05. The van der Waals surface area contributed by atoms with Gasteiger partial charge in [0.05, 0.1) is 11.8 Å². The maximum absolute atomic E-state index is 11.9. The first-order valence-electron chi connectivity index (χ1n) is 5.64. The van der Waals surface area contributed by atoms with Crippen molar-refractivity contribution in [3.63, 3.8) is 0 Å². The number of carbonyl (C=O) groups is 1. The predicted octanol–water partition coefficient (Wildman–Crippen LogP) is 2.61. The van der Waals surface area contributed by atoms with Crippen LogP contribution in [0.25, 0.3) is 0 Å². The summed E-state index contributed by atoms with van der Waals surface area (Å²) < 4.78 is 7.11. The fourth-order valence-corrected chi connectivity index (χ4v) is 1.42. The molecule has 1 atom stereocenters. The van der Waals surface area contributed by atoms with Crippen molar-refractivity contribution in [3.8, 4) is 0 Å². The Kier molecular flexibility index (Phi) is 3.99. The van der Waals surface area contributed by atoms with E-state index in [1.165, 1.54) is 0 Å². The molecule has 2 N–H and O–H groups in total. The smallest absolute Gasteiger partial charge is 0.355 e. The van der Waals surface area contributed by atoms with Crippen LogP contribution in [0.15, 0.2) is 12.3 Å². The molecule has 0 aliphatic heterocycles. The maximum atomic E-state index is 11.9. The van der Waals surface area contributed by atoms with E-state index in [-0.39, 0.29) is 18.1 Å². The first kappa shape index (κ1) is 12.6. The van der Waals surface area contributed by atoms with E-state index < -0.39 is 0 Å². The highest BCUT2D eigenvalue weighted by atomic mass is 16.5. The quantitative estimate of drug-likeness (QED) is 0.800. The van der Waals surface area contributed by atoms with E-state index in [0.717, 1.165) is 6.42 Å². The van der Waals surface area contributed by atoms with Gasteiger partial charge in [-0.1, -0.05) is 6.92 Å². The topological polar surface area (TPSA) is 57.2 Å². The van der Waals surface area contributed by atoms with Crippen LogP contribution in [0.3, 0.4) is 0 Å². The number of anilines is 1. The average molecular weight is 224 g/mol. The van der Waals surface area contributed by atoms with Gasteiger partial charge in [-0.05, 0) is 33.3 Å². The van der Waals surface area contributed by atoms with Crippen LogP contribution in [0.5, 0.6) is 0 Å². The van der Waals surface area contributed by atoms with Gasteiger partial charge in [0.15, 0.2) is 0 Å². The standard InChI is InChI=1S/C12H20N2O2/c1-5-9(4)16-12(15)11-6-10(13)7-14(11)8(2)3/h6-9H,5,13H2,1-4H3. The van der Waals surface area contributed by atoms with Crippen LogP contribution < -0.4 is 5.73 Å². The summed E-state index contributed by atoms with van der Waals surface area (Å²) in [4.78, 5) is 11.9. The number of rotatable bonds is 4. The molecule has 0 saturated carbocycles. The Morgan fingerprint density at radius 1 is 1.50 bits per heavy atom. The molecule has 1 unspecified atom stereocenters. The van der Waals surface area contributed by atoms with E-state index in [1.807, 2.05) is 32.3 Å². The lowest BCUT2D eigenvalue weighted by atomic mass is 10.3. The van der Waals surface area contributed by atoms with Crippen LogP contribution in [-0.4, -0.2) is 16.6 Å². The minimum atomic E-state index is -0.306. The van der Waals surface area contributed by atoms with Crippen LogP contribution in [0.4, 0.5) is 5.69 Å². The third kappa shape index (κ3) is 2.78. The SMILES string of the molecule is CCC(C)OC(=O)c1cc(N)cn1C(C)C. The second-order valence-electron chi connectivity index (χ2n) is 4.28. The zero-order valence-electron chi connectivity index (χ0n) is 10.4. The molecule has 4 nitrogen and oxygen atoms in total. The number of hydrogen-bond acceptors (Lipinski definition) is 3. The van der Waals surface area contributed by atoms with Gasteiger partial charge >= 0.3 is 5.97 Å². The highest BCUT2D eigenvalue weighted by molar-refractivity contribution is 5.89. The Morgan fingerprint density at radius 2 is 2.12 bits per heavy atom. The normalized spacial score (nSPS) is 12.8. The Morgan fingerprint density at radius 3 is 2.62 bits per heavy atom. The van der Waals surface area contributed by atoms with Crippen molar-refractivity contribution >= 4 is 11.7 Å². The lowest BCUT2D eigenvalue weighted by Crippen LogP contribution is -2.18. The zero-order valence-corrected chi connectivity index (χ0v) is 10.4. The minimum absolute atomic E-state index is 0.0655. The van der Waals surface area contributed by atoms with Gasteiger partial charge in [0, 0.05) is 12.2 Å². The van der Waals surface area contributed by atoms with Crippen molar-refractivity contribution in [2.24, 2.45) is 0 Å². The number of carbonyl (C=O) groups excluding carboxylic acids is 1. The summed E-state index contributed by atoms with van der Waals surface area (Å²) in [7, 11) is 0. The van der Waals surface area contributed by atoms with Crippen molar-refractivity contribution in [2.45, 2.75) is 46.3 Å². The van der Waals surface area contributed by atoms with Crippen LogP contribution in [0.2, 0.25) is 0 Å². The predicted molar refractivity (Wildman–Crippen MR) is 64.4 cm³/mol. The molecule has 0 aliphatic carbocycles. The number of aromatic nitrogens is 1. The van der Waals surface area contributed by atoms with Gasteiger partial charge in [0.1, 0.15) is 5.69 Å². The van der Waals surface area contributed by atoms with Gasteiger partial charge < -0.3 is 15.0 Å². The van der Waals surface area contributed by atoms with Gasteiger partial charge in [0.2, 0.25) is 0 Å². The van der Waals surface area contributed by atoms with Crippen LogP contribution >= 0.6 is 0 Å². The molecule has 1 heterocycles. The molecular weight excluding hydrogens is 204 g/mol. The molecule has 0 bridgehead atoms. The summed E-state index contributed by atoms with van der Waals surface area (Å²) in [6.07, 6.45) is 2.51. The van der Waals surface area contributed by atoms with Gasteiger partial charge in [-0.2, -0.15) is 0 Å². The number of nitrogens with two attached hydrogens (primary N) is 1. The van der Waals surface area contributed by atoms with Crippen molar-refractivity contribution in [3.05, 3.63) is 18.0 Å². The summed E-state index contributed by atoms with van der Waals surface area (Å²) in [5.74, 6) is -0.306. The van der Waals surface area contributed by atoms with Crippen molar-refractivity contribution in [1.29, 1.82) is 0 Å². The highest BCUT2D eigenvalue weighted by Crippen LogP contribution is 2.18.